The molecule has 2 fully saturated rings. The average Bonchev–Trinajstić information content (AvgIpc) is 1.70. The predicted molar refractivity (Wildman–Crippen MR) is 462 cm³/mol. The number of fused-ring (bicyclic) bond motifs is 4. The number of halogens is 9. The van der Waals surface area contributed by atoms with Gasteiger partial charge >= 0.3 is 0 Å². The van der Waals surface area contributed by atoms with Crippen LogP contribution in [-0.4, -0.2) is 130 Å². The molecule has 0 unspecified atom stereocenters. The van der Waals surface area contributed by atoms with Crippen LogP contribution in [0.25, 0.3) is 41.4 Å². The number of ketones is 1. The minimum Gasteiger partial charge on any atom is -0.383 e. The van der Waals surface area contributed by atoms with Crippen LogP contribution in [0.15, 0.2) is 196 Å². The molecule has 0 spiro atoms. The zero-order chi connectivity index (χ0) is 73.6. The monoisotopic (exact) mass is 2120 g/mol. The molecular formula is C67H53Br6ClI2N16O5S6. The smallest absolute Gasteiger partial charge is 0.285 e. The SMILES string of the molecule is Brc1cnc2nc(N3CCOCC3)sc2c1.C1COCCN1.Clc1nc2ncc(Br)cc2s1.Nc1nc2ncc(Br)cc2s1.Nc1ncc(Br)cc1I.O=C(CC(=S)Cc1ncc(Br)cc1I)c1ccccc1.O=C(N=C=S)c1ccccc1.O=C(Nc1nc2ncc(Br)cc2s1)c1ccccc1. The summed E-state index contributed by atoms with van der Waals surface area (Å²) >= 11 is 45.7. The van der Waals surface area contributed by atoms with Gasteiger partial charge in [0.2, 0.25) is 0 Å². The number of nitrogens with zero attached hydrogens (tertiary/aromatic N) is 12. The quantitative estimate of drug-likeness (QED) is 0.0452. The lowest BCUT2D eigenvalue weighted by molar-refractivity contribution is 0.0994. The van der Waals surface area contributed by atoms with E-state index in [0.717, 1.165) is 128 Å². The number of carbonyl (C=O) groups is 3. The van der Waals surface area contributed by atoms with E-state index in [2.05, 4.69) is 229 Å². The number of anilines is 4. The van der Waals surface area contributed by atoms with Crippen LogP contribution in [0.1, 0.15) is 43.2 Å². The van der Waals surface area contributed by atoms with Gasteiger partial charge in [0, 0.05) is 128 Å². The molecule has 15 rings (SSSR count). The maximum absolute atomic E-state index is 12.1. The molecular weight excluding hydrogens is 2070 g/mol. The number of benzene rings is 3. The summed E-state index contributed by atoms with van der Waals surface area (Å²) < 4.78 is 22.6. The van der Waals surface area contributed by atoms with Crippen molar-refractivity contribution in [1.82, 2.24) is 55.2 Å². The second-order valence-corrected chi connectivity index (χ2v) is 33.7. The largest absolute Gasteiger partial charge is 0.383 e. The first kappa shape index (κ1) is 83.4. The molecule has 12 heterocycles. The number of thiocarbonyl (C=S) groups is 2. The Morgan fingerprint density at radius 3 is 1.54 bits per heavy atom. The molecule has 0 saturated carbocycles. The molecule has 530 valence electrons. The minimum absolute atomic E-state index is 0.0581. The Bertz CT molecular complexity index is 4940. The Kier molecular flexibility index (Phi) is 35.7. The van der Waals surface area contributed by atoms with E-state index in [9.17, 15) is 14.4 Å². The summed E-state index contributed by atoms with van der Waals surface area (Å²) in [4.78, 5) is 83.0. The summed E-state index contributed by atoms with van der Waals surface area (Å²) in [6.07, 6.45) is 11.2. The number of ether oxygens (including phenoxy) is 2. The van der Waals surface area contributed by atoms with Gasteiger partial charge < -0.3 is 31.2 Å². The number of hydrogen-bond donors (Lipinski definition) is 4. The van der Waals surface area contributed by atoms with Crippen molar-refractivity contribution in [3.8, 4) is 0 Å². The number of morpholine rings is 2. The Morgan fingerprint density at radius 2 is 1.03 bits per heavy atom. The Morgan fingerprint density at radius 1 is 0.573 bits per heavy atom. The lowest BCUT2D eigenvalue weighted by atomic mass is 10.0. The van der Waals surface area contributed by atoms with E-state index >= 15 is 0 Å². The van der Waals surface area contributed by atoms with Crippen molar-refractivity contribution in [2.24, 2.45) is 4.99 Å². The van der Waals surface area contributed by atoms with Crippen LogP contribution in [0.2, 0.25) is 4.47 Å². The van der Waals surface area contributed by atoms with Crippen LogP contribution in [0, 0.1) is 7.14 Å². The number of amides is 2. The fraction of sp³-hybridized carbons (Fsp3) is 0.149. The summed E-state index contributed by atoms with van der Waals surface area (Å²) in [5.74, 6) is 0.126. The molecule has 3 aromatic carbocycles. The highest BCUT2D eigenvalue weighted by Crippen LogP contribution is 2.32. The molecule has 103 heavy (non-hydrogen) atoms. The summed E-state index contributed by atoms with van der Waals surface area (Å²) in [7, 11) is 0. The first-order valence-electron chi connectivity index (χ1n) is 29.9. The van der Waals surface area contributed by atoms with Crippen molar-refractivity contribution < 1.29 is 23.9 Å². The second kappa shape index (κ2) is 44.1. The molecule has 0 radical (unpaired) electrons. The van der Waals surface area contributed by atoms with Gasteiger partial charge in [0.25, 0.3) is 11.8 Å². The number of aliphatic imine (C=N–C) groups is 1. The molecule has 13 aromatic rings. The first-order valence-corrected chi connectivity index (χ1v) is 41.2. The van der Waals surface area contributed by atoms with E-state index in [0.29, 0.717) is 59.8 Å². The molecule has 6 N–H and O–H groups in total. The molecule has 2 saturated heterocycles. The van der Waals surface area contributed by atoms with Crippen molar-refractivity contribution >= 4 is 312 Å². The zero-order valence-corrected chi connectivity index (χ0v) is 72.6. The van der Waals surface area contributed by atoms with Gasteiger partial charge in [-0.1, -0.05) is 125 Å². The van der Waals surface area contributed by atoms with Crippen molar-refractivity contribution in [2.75, 3.05) is 74.3 Å². The number of rotatable bonds is 9. The molecule has 0 atom stereocenters. The van der Waals surface area contributed by atoms with Crippen LogP contribution in [0.3, 0.4) is 0 Å². The van der Waals surface area contributed by atoms with E-state index in [1.807, 2.05) is 90.1 Å². The molecule has 2 aliphatic heterocycles. The third kappa shape index (κ3) is 28.8. The summed E-state index contributed by atoms with van der Waals surface area (Å²) in [5.41, 5.74) is 16.6. The molecule has 2 aliphatic rings. The van der Waals surface area contributed by atoms with Crippen LogP contribution < -0.4 is 27.0 Å². The van der Waals surface area contributed by atoms with E-state index in [4.69, 9.17) is 44.8 Å². The van der Waals surface area contributed by atoms with E-state index in [-0.39, 0.29) is 24.0 Å². The lowest BCUT2D eigenvalue weighted by Crippen LogP contribution is -2.36. The Balaban J connectivity index is 0.000000153. The zero-order valence-electron chi connectivity index (χ0n) is 53.1. The fourth-order valence-electron chi connectivity index (χ4n) is 8.22. The molecule has 21 nitrogen and oxygen atoms in total. The number of hydrogen-bond acceptors (Lipinski definition) is 25. The summed E-state index contributed by atoms with van der Waals surface area (Å²) in [6, 6.07) is 38.8. The summed E-state index contributed by atoms with van der Waals surface area (Å²) in [6.45, 7) is 7.24. The van der Waals surface area contributed by atoms with Crippen molar-refractivity contribution in [3.05, 3.63) is 225 Å². The van der Waals surface area contributed by atoms with Gasteiger partial charge in [-0.25, -0.2) is 34.9 Å². The van der Waals surface area contributed by atoms with Crippen molar-refractivity contribution in [2.45, 2.75) is 12.8 Å². The highest BCUT2D eigenvalue weighted by atomic mass is 127. The topological polar surface area (TPSA) is 290 Å². The fourth-order valence-corrected chi connectivity index (χ4v) is 16.8. The summed E-state index contributed by atoms with van der Waals surface area (Å²) in [5, 5.41) is 10.1. The molecule has 2 amide bonds. The number of Topliss-reactive ketones (excluding diaryl/α,β-unsaturated/α-hetero) is 1. The van der Waals surface area contributed by atoms with E-state index in [1.54, 1.807) is 84.9 Å². The number of nitrogens with one attached hydrogen (secondary N) is 2. The van der Waals surface area contributed by atoms with Gasteiger partial charge in [-0.3, -0.25) is 24.7 Å². The number of nitrogens with two attached hydrogens (primary N) is 2. The second-order valence-electron chi connectivity index (χ2n) is 20.4. The Hall–Kier alpha value is -5.27. The molecule has 36 heteroatoms. The number of isothiocyanates is 1. The Labute approximate surface area is 700 Å². The lowest BCUT2D eigenvalue weighted by Gasteiger charge is -2.25. The van der Waals surface area contributed by atoms with Crippen LogP contribution >= 0.6 is 222 Å². The molecule has 0 aliphatic carbocycles. The average molecular weight is 2120 g/mol. The van der Waals surface area contributed by atoms with Crippen molar-refractivity contribution in [1.29, 1.82) is 0 Å². The highest BCUT2D eigenvalue weighted by molar-refractivity contribution is 14.1. The maximum Gasteiger partial charge on any atom is 0.285 e. The molecule has 0 bridgehead atoms. The van der Waals surface area contributed by atoms with Crippen LogP contribution in [0.5, 0.6) is 0 Å². The van der Waals surface area contributed by atoms with E-state index < -0.39 is 0 Å². The third-order valence-electron chi connectivity index (χ3n) is 12.9. The van der Waals surface area contributed by atoms with Gasteiger partial charge in [0.15, 0.2) is 48.2 Å². The number of aromatic nitrogens is 10. The third-order valence-corrected chi connectivity index (χ3v) is 21.6. The highest BCUT2D eigenvalue weighted by Gasteiger charge is 2.17. The van der Waals surface area contributed by atoms with Gasteiger partial charge in [-0.05, 0) is 214 Å². The number of pyridine rings is 6. The van der Waals surface area contributed by atoms with Crippen LogP contribution in [0.4, 0.5) is 21.2 Å². The number of carbonyl (C=O) groups excluding carboxylic acids is 3. The van der Waals surface area contributed by atoms with Crippen LogP contribution in [-0.2, 0) is 15.9 Å². The van der Waals surface area contributed by atoms with Gasteiger partial charge in [0.1, 0.15) is 5.82 Å². The van der Waals surface area contributed by atoms with Crippen molar-refractivity contribution in [3.63, 3.8) is 0 Å². The van der Waals surface area contributed by atoms with Gasteiger partial charge in [-0.15, -0.1) is 11.3 Å². The standard InChI is InChI=1S/C15H11BrINOS.C13H8BrN3OS.C10H10BrN3OS.C8H5NOS.C6H2BrClN2S.C6H4BrN3S.C5H4BrIN2.C4H9NO/c16-11-6-13(17)14(18-9-11)7-12(20)8-15(19)10-4-2-1-3-5-10;14-9-6-10-11(15-7-9)16-13(19-10)17-12(18)8-4-2-1-3-5-8;11-7-5-8-9(12-6-7)13-10(16-8)14-1-3-15-4-2-14;10-8(9-6-11)7-4-2-1-3-5-7;2*7-3-1-4-5(9-2-3)10-6(8)11-4;6-3-1-4(7)5(8)9-2-3;1-3-6-4-2-5-1/h1-6,9H,7-8H2;1-7H,(H,15,16,17,18);5-6H,1-4H2;1-5H;1-2H;1-2H,(H2,8,9,10);1-2H,(H2,8,9);5H,1-4H2. The predicted octanol–water partition coefficient (Wildman–Crippen LogP) is 19.3. The first-order chi connectivity index (χ1) is 49.7. The van der Waals surface area contributed by atoms with Gasteiger partial charge in [-0.2, -0.15) is 15.0 Å². The van der Waals surface area contributed by atoms with E-state index in [1.165, 1.54) is 34.0 Å². The minimum atomic E-state index is -0.347. The number of thiazole rings is 4. The molecule has 10 aromatic heterocycles. The van der Waals surface area contributed by atoms with Gasteiger partial charge in [0.05, 0.1) is 59.7 Å². The normalized spacial score (nSPS) is 12.0. The number of nitrogen functional groups attached to an aromatic ring is 2. The maximum atomic E-state index is 12.1.